The predicted molar refractivity (Wildman–Crippen MR) is 125 cm³/mol. The first-order valence-corrected chi connectivity index (χ1v) is 12.7. The summed E-state index contributed by atoms with van der Waals surface area (Å²) in [6, 6.07) is 13.0. The molecule has 33 heavy (non-hydrogen) atoms. The Morgan fingerprint density at radius 1 is 1.09 bits per heavy atom. The van der Waals surface area contributed by atoms with E-state index < -0.39 is 33.8 Å². The number of carbonyl (C=O) groups excluding carboxylic acids is 3. The van der Waals surface area contributed by atoms with Crippen molar-refractivity contribution in [2.45, 2.75) is 35.3 Å². The van der Waals surface area contributed by atoms with Gasteiger partial charge in [-0.15, -0.1) is 11.8 Å². The zero-order chi connectivity index (χ0) is 24.0. The third-order valence-corrected chi connectivity index (χ3v) is 8.24. The molecule has 1 aliphatic heterocycles. The predicted octanol–water partition coefficient (Wildman–Crippen LogP) is 2.70. The van der Waals surface area contributed by atoms with Gasteiger partial charge in [-0.05, 0) is 36.4 Å². The van der Waals surface area contributed by atoms with E-state index >= 15 is 0 Å². The molecule has 0 radical (unpaired) electrons. The molecule has 2 aromatic rings. The Morgan fingerprint density at radius 2 is 1.76 bits per heavy atom. The van der Waals surface area contributed by atoms with Crippen molar-refractivity contribution in [3.05, 3.63) is 48.5 Å². The quantitative estimate of drug-likeness (QED) is 0.517. The van der Waals surface area contributed by atoms with Crippen molar-refractivity contribution < 1.29 is 27.5 Å². The van der Waals surface area contributed by atoms with Crippen LogP contribution in [0.4, 0.5) is 11.4 Å². The smallest absolute Gasteiger partial charge is 0.307 e. The maximum absolute atomic E-state index is 12.5. The van der Waals surface area contributed by atoms with Gasteiger partial charge in [-0.1, -0.05) is 26.0 Å². The zero-order valence-electron chi connectivity index (χ0n) is 18.2. The van der Waals surface area contributed by atoms with Gasteiger partial charge in [-0.25, -0.2) is 8.42 Å². The second kappa shape index (κ2) is 10.8. The molecule has 0 aliphatic carbocycles. The van der Waals surface area contributed by atoms with E-state index in [4.69, 9.17) is 4.74 Å². The molecule has 0 spiro atoms. The van der Waals surface area contributed by atoms with Gasteiger partial charge in [0, 0.05) is 23.7 Å². The molecule has 3 rings (SSSR count). The summed E-state index contributed by atoms with van der Waals surface area (Å²) < 4.78 is 31.4. The van der Waals surface area contributed by atoms with Crippen LogP contribution in [-0.2, 0) is 29.1 Å². The second-order valence-electron chi connectivity index (χ2n) is 7.12. The zero-order valence-corrected chi connectivity index (χ0v) is 19.9. The number of nitrogens with zero attached hydrogens (tertiary/aromatic N) is 1. The number of nitrogens with one attached hydrogen (secondary N) is 2. The van der Waals surface area contributed by atoms with Crippen LogP contribution < -0.4 is 10.6 Å². The number of hydrogen-bond acceptors (Lipinski definition) is 7. The average Bonchev–Trinajstić information content (AvgIpc) is 2.79. The first kappa shape index (κ1) is 24.7. The molecule has 1 heterocycles. The summed E-state index contributed by atoms with van der Waals surface area (Å²) in [5.74, 6) is -1.54. The van der Waals surface area contributed by atoms with Crippen LogP contribution in [0.3, 0.4) is 0 Å². The highest BCUT2D eigenvalue weighted by molar-refractivity contribution is 8.01. The number of rotatable bonds is 9. The summed E-state index contributed by atoms with van der Waals surface area (Å²) >= 11 is 1.27. The van der Waals surface area contributed by atoms with E-state index in [0.29, 0.717) is 24.5 Å². The van der Waals surface area contributed by atoms with Crippen LogP contribution in [0, 0.1) is 0 Å². The van der Waals surface area contributed by atoms with Gasteiger partial charge in [0.25, 0.3) is 5.91 Å². The Hall–Kier alpha value is -2.89. The van der Waals surface area contributed by atoms with E-state index in [1.54, 1.807) is 19.9 Å². The molecule has 1 atom stereocenters. The van der Waals surface area contributed by atoms with Crippen molar-refractivity contribution in [2.75, 3.05) is 30.3 Å². The lowest BCUT2D eigenvalue weighted by atomic mass is 10.2. The average molecular weight is 492 g/mol. The van der Waals surface area contributed by atoms with Gasteiger partial charge >= 0.3 is 5.97 Å². The van der Waals surface area contributed by atoms with E-state index in [2.05, 4.69) is 10.6 Å². The van der Waals surface area contributed by atoms with E-state index in [1.165, 1.54) is 40.3 Å². The van der Waals surface area contributed by atoms with E-state index in [9.17, 15) is 22.8 Å². The molecule has 0 saturated heterocycles. The monoisotopic (exact) mass is 491 g/mol. The minimum atomic E-state index is -3.59. The maximum atomic E-state index is 12.5. The number of esters is 1. The van der Waals surface area contributed by atoms with Gasteiger partial charge in [0.15, 0.2) is 6.61 Å². The lowest BCUT2D eigenvalue weighted by Gasteiger charge is -2.23. The molecule has 1 unspecified atom stereocenters. The first-order chi connectivity index (χ1) is 15.7. The van der Waals surface area contributed by atoms with Crippen molar-refractivity contribution in [3.63, 3.8) is 0 Å². The van der Waals surface area contributed by atoms with Crippen molar-refractivity contribution in [3.8, 4) is 0 Å². The topological polar surface area (TPSA) is 122 Å². The largest absolute Gasteiger partial charge is 0.456 e. The Balaban J connectivity index is 1.49. The van der Waals surface area contributed by atoms with Gasteiger partial charge in [-0.3, -0.25) is 14.4 Å². The van der Waals surface area contributed by atoms with Gasteiger partial charge in [0.2, 0.25) is 15.9 Å². The number of hydrogen-bond donors (Lipinski definition) is 2. The number of thioether (sulfide) groups is 1. The van der Waals surface area contributed by atoms with Crippen molar-refractivity contribution in [2.24, 2.45) is 0 Å². The molecular weight excluding hydrogens is 466 g/mol. The Kier molecular flexibility index (Phi) is 8.11. The minimum Gasteiger partial charge on any atom is -0.456 e. The molecule has 176 valence electrons. The number of anilines is 2. The first-order valence-electron chi connectivity index (χ1n) is 10.4. The van der Waals surface area contributed by atoms with Gasteiger partial charge in [-0.2, -0.15) is 4.31 Å². The molecular formula is C22H25N3O6S2. The van der Waals surface area contributed by atoms with Crippen molar-refractivity contribution in [1.29, 1.82) is 0 Å². The highest BCUT2D eigenvalue weighted by atomic mass is 32.2. The fraction of sp³-hybridized carbons (Fsp3) is 0.318. The summed E-state index contributed by atoms with van der Waals surface area (Å²) in [4.78, 5) is 37.4. The summed E-state index contributed by atoms with van der Waals surface area (Å²) in [6.07, 6.45) is -0.171. The molecule has 11 heteroatoms. The highest BCUT2D eigenvalue weighted by Crippen LogP contribution is 2.36. The fourth-order valence-electron chi connectivity index (χ4n) is 3.20. The Morgan fingerprint density at radius 3 is 2.42 bits per heavy atom. The number of sulfonamides is 1. The third-order valence-electron chi connectivity index (χ3n) is 4.90. The van der Waals surface area contributed by atoms with Crippen LogP contribution in [0.1, 0.15) is 20.3 Å². The highest BCUT2D eigenvalue weighted by Gasteiger charge is 2.29. The number of para-hydroxylation sites is 1. The summed E-state index contributed by atoms with van der Waals surface area (Å²) in [5.41, 5.74) is 1.07. The molecule has 2 N–H and O–H groups in total. The molecule has 9 nitrogen and oxygen atoms in total. The van der Waals surface area contributed by atoms with E-state index in [-0.39, 0.29) is 17.2 Å². The number of benzene rings is 2. The number of ether oxygens (including phenoxy) is 1. The molecule has 0 saturated carbocycles. The number of carbonyl (C=O) groups is 3. The van der Waals surface area contributed by atoms with Crippen LogP contribution in [0.2, 0.25) is 0 Å². The van der Waals surface area contributed by atoms with Crippen LogP contribution >= 0.6 is 11.8 Å². The van der Waals surface area contributed by atoms with Crippen LogP contribution in [-0.4, -0.2) is 55.5 Å². The molecule has 0 fully saturated rings. The molecule has 2 aromatic carbocycles. The van der Waals surface area contributed by atoms with Gasteiger partial charge < -0.3 is 15.4 Å². The van der Waals surface area contributed by atoms with E-state index in [1.807, 2.05) is 18.2 Å². The van der Waals surface area contributed by atoms with Gasteiger partial charge in [0.1, 0.15) is 0 Å². The van der Waals surface area contributed by atoms with Crippen LogP contribution in [0.25, 0.3) is 0 Å². The molecule has 2 amide bonds. The fourth-order valence-corrected chi connectivity index (χ4v) is 5.76. The Labute approximate surface area is 196 Å². The lowest BCUT2D eigenvalue weighted by Crippen LogP contribution is -2.32. The SMILES string of the molecule is CCN(CC)S(=O)(=O)c1ccc(NC(=O)COC(=O)CC2Sc3ccccc3NC2=O)cc1. The van der Waals surface area contributed by atoms with Crippen LogP contribution in [0.15, 0.2) is 58.3 Å². The second-order valence-corrected chi connectivity index (χ2v) is 10.3. The number of fused-ring (bicyclic) bond motifs is 1. The normalized spacial score (nSPS) is 15.5. The minimum absolute atomic E-state index is 0.125. The summed E-state index contributed by atoms with van der Waals surface area (Å²) in [7, 11) is -3.59. The summed E-state index contributed by atoms with van der Waals surface area (Å²) in [5, 5.41) is 4.66. The standard InChI is InChI=1S/C22H25N3O6S2/c1-3-25(4-2)33(29,30)16-11-9-15(10-12-16)23-20(26)14-31-21(27)13-19-22(28)24-17-7-5-6-8-18(17)32-19/h5-12,19H,3-4,13-14H2,1-2H3,(H,23,26)(H,24,28). The van der Waals surface area contributed by atoms with E-state index in [0.717, 1.165) is 4.90 Å². The van der Waals surface area contributed by atoms with Crippen molar-refractivity contribution in [1.82, 2.24) is 4.31 Å². The third kappa shape index (κ3) is 6.12. The van der Waals surface area contributed by atoms with Crippen LogP contribution in [0.5, 0.6) is 0 Å². The molecule has 0 bridgehead atoms. The lowest BCUT2D eigenvalue weighted by molar-refractivity contribution is -0.147. The molecule has 0 aromatic heterocycles. The molecule has 1 aliphatic rings. The van der Waals surface area contributed by atoms with Crippen molar-refractivity contribution >= 4 is 50.9 Å². The maximum Gasteiger partial charge on any atom is 0.307 e. The summed E-state index contributed by atoms with van der Waals surface area (Å²) in [6.45, 7) is 3.71. The van der Waals surface area contributed by atoms with Gasteiger partial charge in [0.05, 0.1) is 22.3 Å². The Bertz CT molecular complexity index is 1130. The number of amides is 2.